The zero-order valence-electron chi connectivity index (χ0n) is 38.4. The molecule has 372 valence electrons. The van der Waals surface area contributed by atoms with Crippen molar-refractivity contribution in [2.24, 2.45) is 5.92 Å². The number of hydrogen-bond donors (Lipinski definition) is 1. The van der Waals surface area contributed by atoms with Crippen LogP contribution in [0.5, 0.6) is 0 Å². The molecule has 0 saturated carbocycles. The number of halogens is 12. The van der Waals surface area contributed by atoms with Crippen LogP contribution in [0.15, 0.2) is 194 Å². The van der Waals surface area contributed by atoms with Crippen LogP contribution in [0.25, 0.3) is 83.1 Å². The maximum absolute atomic E-state index is 15.5. The standard InChI is InChI=1S/C59H36F12N2O/c1-33-23-28-50(51(33)55(74)72-52-46(35-15-7-3-8-16-35)29-37(34-13-5-2-6-14-34)30-47(52)36-17-9-4-10-18-36)73-53-42(40-26-24-38(56(60,61)62)31-48(40)58(66,67)68)19-11-21-44(53)45-22-12-20-43(54(45)73)41-27-25-39(57(63,64)65)32-49(41)59(69,70)71/h2-33H,1H3,(H,72,74). The Bertz CT molecular complexity index is 3520. The highest BCUT2D eigenvalue weighted by molar-refractivity contribution is 6.21. The molecule has 0 fully saturated rings. The fraction of sp³-hybridized carbons (Fsp3) is 0.102. The van der Waals surface area contributed by atoms with Crippen LogP contribution < -0.4 is 5.32 Å². The summed E-state index contributed by atoms with van der Waals surface area (Å²) in [6.07, 6.45) is -18.1. The molecule has 0 radical (unpaired) electrons. The smallest absolute Gasteiger partial charge is 0.321 e. The minimum Gasteiger partial charge on any atom is -0.321 e. The Hall–Kier alpha value is -8.33. The lowest BCUT2D eigenvalue weighted by molar-refractivity contribution is -0.144. The number of alkyl halides is 12. The molecule has 1 aliphatic rings. The van der Waals surface area contributed by atoms with Gasteiger partial charge in [0.2, 0.25) is 0 Å². The van der Waals surface area contributed by atoms with Gasteiger partial charge in [-0.05, 0) is 75.9 Å². The summed E-state index contributed by atoms with van der Waals surface area (Å²) in [7, 11) is 0. The second-order valence-corrected chi connectivity index (χ2v) is 17.7. The van der Waals surface area contributed by atoms with E-state index in [1.54, 1.807) is 13.0 Å². The highest BCUT2D eigenvalue weighted by Gasteiger charge is 2.41. The van der Waals surface area contributed by atoms with E-state index in [2.05, 4.69) is 5.32 Å². The molecule has 1 heterocycles. The number of allylic oxidation sites excluding steroid dienone is 3. The number of hydrogen-bond acceptors (Lipinski definition) is 1. The molecular weight excluding hydrogens is 981 g/mol. The van der Waals surface area contributed by atoms with Crippen molar-refractivity contribution in [3.05, 3.63) is 216 Å². The number of para-hydroxylation sites is 2. The van der Waals surface area contributed by atoms with Crippen LogP contribution in [-0.4, -0.2) is 10.5 Å². The molecule has 0 spiro atoms. The number of anilines is 1. The van der Waals surface area contributed by atoms with Crippen molar-refractivity contribution in [1.29, 1.82) is 0 Å². The van der Waals surface area contributed by atoms with E-state index in [4.69, 9.17) is 0 Å². The molecule has 3 nitrogen and oxygen atoms in total. The maximum atomic E-state index is 15.5. The van der Waals surface area contributed by atoms with Crippen LogP contribution in [0.4, 0.5) is 58.4 Å². The molecule has 1 aliphatic carbocycles. The minimum absolute atomic E-state index is 0.0227. The number of benzene rings is 8. The highest BCUT2D eigenvalue weighted by atomic mass is 19.4. The normalized spacial score (nSPS) is 14.4. The third-order valence-corrected chi connectivity index (χ3v) is 13.1. The quantitative estimate of drug-likeness (QED) is 0.151. The van der Waals surface area contributed by atoms with E-state index < -0.39 is 69.9 Å². The lowest BCUT2D eigenvalue weighted by atomic mass is 9.90. The molecule has 8 aromatic carbocycles. The lowest BCUT2D eigenvalue weighted by Crippen LogP contribution is -2.20. The third kappa shape index (κ3) is 9.00. The van der Waals surface area contributed by atoms with E-state index in [0.29, 0.717) is 52.2 Å². The SMILES string of the molecule is CC1C=CC(n2c3c(-c4ccc(C(F)(F)F)cc4C(F)(F)F)cccc3c3cccc(-c4ccc(C(F)(F)F)cc4C(F)(F)F)c32)=C1C(=O)Nc1c(-c2ccccc2)cc(-c2ccccc2)cc1-c1ccccc1. The van der Waals surface area contributed by atoms with Gasteiger partial charge in [-0.15, -0.1) is 0 Å². The molecule has 0 bridgehead atoms. The molecule has 15 heteroatoms. The van der Waals surface area contributed by atoms with Crippen LogP contribution in [0.3, 0.4) is 0 Å². The molecule has 1 amide bonds. The number of fused-ring (bicyclic) bond motifs is 3. The topological polar surface area (TPSA) is 34.0 Å². The van der Waals surface area contributed by atoms with Gasteiger partial charge in [0.15, 0.2) is 0 Å². The van der Waals surface area contributed by atoms with Gasteiger partial charge in [0.25, 0.3) is 5.91 Å². The number of nitrogens with zero attached hydrogens (tertiary/aromatic N) is 1. The first-order chi connectivity index (χ1) is 35.1. The highest BCUT2D eigenvalue weighted by Crippen LogP contribution is 2.50. The summed E-state index contributed by atoms with van der Waals surface area (Å²) >= 11 is 0. The largest absolute Gasteiger partial charge is 0.417 e. The van der Waals surface area contributed by atoms with E-state index in [-0.39, 0.29) is 56.3 Å². The summed E-state index contributed by atoms with van der Waals surface area (Å²) in [6.45, 7) is 1.65. The van der Waals surface area contributed by atoms with Crippen LogP contribution in [0.2, 0.25) is 0 Å². The Balaban J connectivity index is 1.29. The average molecular weight is 1020 g/mol. The third-order valence-electron chi connectivity index (χ3n) is 13.1. The number of carbonyl (C=O) groups is 1. The van der Waals surface area contributed by atoms with Crippen molar-refractivity contribution in [2.75, 3.05) is 5.32 Å². The first-order valence-electron chi connectivity index (χ1n) is 22.8. The van der Waals surface area contributed by atoms with Gasteiger partial charge in [-0.2, -0.15) is 52.7 Å². The lowest BCUT2D eigenvalue weighted by Gasteiger charge is -2.22. The van der Waals surface area contributed by atoms with E-state index in [0.717, 1.165) is 11.1 Å². The average Bonchev–Trinajstić information content (AvgIpc) is 3.95. The van der Waals surface area contributed by atoms with Crippen molar-refractivity contribution in [3.8, 4) is 55.6 Å². The molecule has 0 saturated heterocycles. The summed E-state index contributed by atoms with van der Waals surface area (Å²) in [5.74, 6) is -1.53. The van der Waals surface area contributed by atoms with E-state index >= 15 is 31.1 Å². The van der Waals surface area contributed by atoms with E-state index in [1.807, 2.05) is 103 Å². The summed E-state index contributed by atoms with van der Waals surface area (Å²) < 4.78 is 176. The zero-order chi connectivity index (χ0) is 52.5. The van der Waals surface area contributed by atoms with Crippen molar-refractivity contribution >= 4 is 39.1 Å². The van der Waals surface area contributed by atoms with Crippen molar-refractivity contribution in [2.45, 2.75) is 31.6 Å². The van der Waals surface area contributed by atoms with Crippen molar-refractivity contribution in [3.63, 3.8) is 0 Å². The Morgan fingerprint density at radius 2 is 0.851 bits per heavy atom. The van der Waals surface area contributed by atoms with Crippen LogP contribution in [-0.2, 0) is 29.5 Å². The summed E-state index contributed by atoms with van der Waals surface area (Å²) in [6, 6.07) is 41.9. The van der Waals surface area contributed by atoms with Crippen molar-refractivity contribution in [1.82, 2.24) is 4.57 Å². The molecule has 9 aromatic rings. The second-order valence-electron chi connectivity index (χ2n) is 17.7. The molecular formula is C59H36F12N2O. The minimum atomic E-state index is -5.38. The summed E-state index contributed by atoms with van der Waals surface area (Å²) in [5, 5.41) is 3.34. The monoisotopic (exact) mass is 1020 g/mol. The number of nitrogens with one attached hydrogen (secondary N) is 1. The maximum Gasteiger partial charge on any atom is 0.417 e. The van der Waals surface area contributed by atoms with Gasteiger partial charge in [0, 0.05) is 44.5 Å². The van der Waals surface area contributed by atoms with E-state index in [1.165, 1.54) is 47.0 Å². The number of carbonyl (C=O) groups excluding carboxylic acids is 1. The number of aromatic nitrogens is 1. The molecule has 1 atom stereocenters. The predicted molar refractivity (Wildman–Crippen MR) is 263 cm³/mol. The van der Waals surface area contributed by atoms with E-state index in [9.17, 15) is 26.3 Å². The molecule has 1 unspecified atom stereocenters. The van der Waals surface area contributed by atoms with Crippen LogP contribution >= 0.6 is 0 Å². The molecule has 1 aromatic heterocycles. The van der Waals surface area contributed by atoms with Gasteiger partial charge in [-0.1, -0.05) is 153 Å². The first-order valence-corrected chi connectivity index (χ1v) is 22.8. The second kappa shape index (κ2) is 18.3. The Labute approximate surface area is 414 Å². The summed E-state index contributed by atoms with van der Waals surface area (Å²) in [4.78, 5) is 15.5. The number of amides is 1. The van der Waals surface area contributed by atoms with Crippen molar-refractivity contribution < 1.29 is 57.5 Å². The van der Waals surface area contributed by atoms with Crippen LogP contribution in [0.1, 0.15) is 29.2 Å². The fourth-order valence-corrected chi connectivity index (χ4v) is 9.79. The fourth-order valence-electron chi connectivity index (χ4n) is 9.79. The van der Waals surface area contributed by atoms with Gasteiger partial charge < -0.3 is 9.88 Å². The Kier molecular flexibility index (Phi) is 12.2. The molecule has 74 heavy (non-hydrogen) atoms. The molecule has 10 rings (SSSR count). The van der Waals surface area contributed by atoms with Gasteiger partial charge >= 0.3 is 24.7 Å². The predicted octanol–water partition coefficient (Wildman–Crippen LogP) is 18.3. The van der Waals surface area contributed by atoms with Gasteiger partial charge in [-0.3, -0.25) is 4.79 Å². The first kappa shape index (κ1) is 49.3. The Morgan fingerprint density at radius 1 is 0.432 bits per heavy atom. The molecule has 0 aliphatic heterocycles. The van der Waals surface area contributed by atoms with Gasteiger partial charge in [0.1, 0.15) is 0 Å². The zero-order valence-corrected chi connectivity index (χ0v) is 38.4. The van der Waals surface area contributed by atoms with Crippen LogP contribution in [0, 0.1) is 5.92 Å². The number of rotatable bonds is 8. The summed E-state index contributed by atoms with van der Waals surface area (Å²) in [5.41, 5.74) is -4.42. The van der Waals surface area contributed by atoms with Gasteiger partial charge in [-0.25, -0.2) is 0 Å². The molecule has 1 N–H and O–H groups in total. The Morgan fingerprint density at radius 3 is 1.26 bits per heavy atom. The van der Waals surface area contributed by atoms with Gasteiger partial charge in [0.05, 0.1) is 44.7 Å².